The topological polar surface area (TPSA) is 9.23 Å². The van der Waals surface area contributed by atoms with Crippen LogP contribution in [0, 0.1) is 0 Å². The molecule has 1 atom stereocenters. The summed E-state index contributed by atoms with van der Waals surface area (Å²) in [6, 6.07) is 16.8. The van der Waals surface area contributed by atoms with Crippen molar-refractivity contribution in [1.82, 2.24) is 0 Å². The number of hydrogen-bond acceptors (Lipinski definition) is 1. The Balaban J connectivity index is 1.70. The molecule has 0 saturated heterocycles. The first-order chi connectivity index (χ1) is 16.1. The van der Waals surface area contributed by atoms with E-state index in [0.29, 0.717) is 0 Å². The van der Waals surface area contributed by atoms with Crippen LogP contribution in [-0.2, 0) is 22.7 Å². The minimum atomic E-state index is -4.61. The summed E-state index contributed by atoms with van der Waals surface area (Å²) in [5, 5.41) is 0. The van der Waals surface area contributed by atoms with Gasteiger partial charge < -0.3 is 4.74 Å². The van der Waals surface area contributed by atoms with Crippen molar-refractivity contribution in [3.8, 4) is 0 Å². The Kier molecular flexibility index (Phi) is 5.20. The highest BCUT2D eigenvalue weighted by atomic mass is 19.4. The average Bonchev–Trinajstić information content (AvgIpc) is 2.82. The van der Waals surface area contributed by atoms with Crippen molar-refractivity contribution >= 4 is 11.6 Å². The molecule has 1 aliphatic carbocycles. The lowest BCUT2D eigenvalue weighted by molar-refractivity contribution is -0.138. The summed E-state index contributed by atoms with van der Waals surface area (Å²) in [6.07, 6.45) is -4.28. The molecule has 3 aromatic carbocycles. The maximum atomic E-state index is 13.5. The zero-order valence-electron chi connectivity index (χ0n) is 17.6. The minimum absolute atomic E-state index is 0.0730. The lowest BCUT2D eigenvalue weighted by Crippen LogP contribution is -2.39. The SMILES string of the molecule is FC(F)(F)c1cccc(C2(c3cccc(C(F)(F)F)c3)CC=C3c4ccccc4C=CC3O2)c1. The van der Waals surface area contributed by atoms with Gasteiger partial charge in [-0.05, 0) is 52.1 Å². The molecule has 1 heterocycles. The van der Waals surface area contributed by atoms with E-state index in [2.05, 4.69) is 0 Å². The fraction of sp³-hybridized carbons (Fsp3) is 0.185. The Morgan fingerprint density at radius 3 is 1.91 bits per heavy atom. The molecule has 0 amide bonds. The standard InChI is InChI=1S/C27H18F6O/c28-26(29,30)20-8-3-6-18(15-20)25(19-7-4-9-21(16-19)27(31,32)33)14-13-23-22-10-2-1-5-17(22)11-12-24(23)34-25/h1-13,15-16,24H,14H2. The first-order valence-electron chi connectivity index (χ1n) is 10.6. The molecular formula is C27H18F6O. The van der Waals surface area contributed by atoms with E-state index in [1.807, 2.05) is 36.4 Å². The van der Waals surface area contributed by atoms with Crippen molar-refractivity contribution in [2.75, 3.05) is 0 Å². The molecule has 1 aliphatic heterocycles. The predicted octanol–water partition coefficient (Wildman–Crippen LogP) is 7.87. The first kappa shape index (κ1) is 22.5. The second-order valence-electron chi connectivity index (χ2n) is 8.33. The van der Waals surface area contributed by atoms with Gasteiger partial charge in [0.15, 0.2) is 0 Å². The number of halogens is 6. The van der Waals surface area contributed by atoms with Crippen LogP contribution < -0.4 is 0 Å². The Labute approximate surface area is 192 Å². The highest BCUT2D eigenvalue weighted by Crippen LogP contribution is 2.48. The maximum absolute atomic E-state index is 13.5. The fourth-order valence-electron chi connectivity index (χ4n) is 4.63. The van der Waals surface area contributed by atoms with Crippen molar-refractivity contribution in [3.63, 3.8) is 0 Å². The van der Waals surface area contributed by atoms with Gasteiger partial charge in [0.25, 0.3) is 0 Å². The van der Waals surface area contributed by atoms with Crippen molar-refractivity contribution in [1.29, 1.82) is 0 Å². The monoisotopic (exact) mass is 472 g/mol. The second kappa shape index (κ2) is 7.87. The van der Waals surface area contributed by atoms with Gasteiger partial charge in [-0.2, -0.15) is 26.3 Å². The van der Waals surface area contributed by atoms with Crippen molar-refractivity contribution in [2.24, 2.45) is 0 Å². The largest absolute Gasteiger partial charge is 0.416 e. The van der Waals surface area contributed by atoms with Gasteiger partial charge >= 0.3 is 12.4 Å². The number of rotatable bonds is 2. The summed E-state index contributed by atoms with van der Waals surface area (Å²) in [6.45, 7) is 0. The summed E-state index contributed by atoms with van der Waals surface area (Å²) in [5.41, 5.74) is -0.289. The second-order valence-corrected chi connectivity index (χ2v) is 8.33. The quantitative estimate of drug-likeness (QED) is 0.345. The first-order valence-corrected chi connectivity index (χ1v) is 10.6. The molecule has 5 rings (SSSR count). The Morgan fingerprint density at radius 1 is 0.735 bits per heavy atom. The van der Waals surface area contributed by atoms with Crippen molar-refractivity contribution in [3.05, 3.63) is 118 Å². The zero-order chi connectivity index (χ0) is 24.1. The van der Waals surface area contributed by atoms with Gasteiger partial charge in [-0.3, -0.25) is 0 Å². The fourth-order valence-corrected chi connectivity index (χ4v) is 4.63. The maximum Gasteiger partial charge on any atom is 0.416 e. The summed E-state index contributed by atoms with van der Waals surface area (Å²) in [7, 11) is 0. The molecule has 0 spiro atoms. The van der Waals surface area contributed by atoms with Crippen LogP contribution in [0.1, 0.15) is 39.8 Å². The van der Waals surface area contributed by atoms with Crippen LogP contribution in [0.5, 0.6) is 0 Å². The Bertz CT molecular complexity index is 1240. The van der Waals surface area contributed by atoms with Gasteiger partial charge in [0.2, 0.25) is 0 Å². The van der Waals surface area contributed by atoms with Gasteiger partial charge in [-0.1, -0.05) is 66.8 Å². The lowest BCUT2D eigenvalue weighted by Gasteiger charge is -2.42. The molecule has 0 N–H and O–H groups in total. The van der Waals surface area contributed by atoms with Crippen LogP contribution >= 0.6 is 0 Å². The van der Waals surface area contributed by atoms with Crippen molar-refractivity contribution in [2.45, 2.75) is 30.5 Å². The molecule has 0 fully saturated rings. The van der Waals surface area contributed by atoms with E-state index in [1.165, 1.54) is 24.3 Å². The third-order valence-corrected chi connectivity index (χ3v) is 6.28. The van der Waals surface area contributed by atoms with E-state index < -0.39 is 35.2 Å². The molecule has 3 aromatic rings. The van der Waals surface area contributed by atoms with Crippen LogP contribution in [0.4, 0.5) is 26.3 Å². The molecule has 0 aromatic heterocycles. The number of fused-ring (bicyclic) bond motifs is 3. The van der Waals surface area contributed by atoms with Crippen LogP contribution in [0.25, 0.3) is 11.6 Å². The van der Waals surface area contributed by atoms with Gasteiger partial charge in [0, 0.05) is 6.42 Å². The molecule has 174 valence electrons. The number of benzene rings is 3. The number of alkyl halides is 6. The molecule has 0 saturated carbocycles. The van der Waals surface area contributed by atoms with E-state index in [9.17, 15) is 26.3 Å². The Morgan fingerprint density at radius 2 is 1.32 bits per heavy atom. The van der Waals surface area contributed by atoms with Crippen LogP contribution in [0.3, 0.4) is 0 Å². The van der Waals surface area contributed by atoms with E-state index in [-0.39, 0.29) is 17.5 Å². The normalized spacial score (nSPS) is 19.2. The molecule has 2 aliphatic rings. The van der Waals surface area contributed by atoms with E-state index in [0.717, 1.165) is 41.0 Å². The van der Waals surface area contributed by atoms with Gasteiger partial charge in [0.1, 0.15) is 11.7 Å². The summed E-state index contributed by atoms with van der Waals surface area (Å²) >= 11 is 0. The predicted molar refractivity (Wildman–Crippen MR) is 117 cm³/mol. The smallest absolute Gasteiger partial charge is 0.353 e. The molecule has 0 bridgehead atoms. The summed E-state index contributed by atoms with van der Waals surface area (Å²) < 4.78 is 87.5. The molecular weight excluding hydrogens is 454 g/mol. The van der Waals surface area contributed by atoms with E-state index in [4.69, 9.17) is 4.74 Å². The molecule has 1 unspecified atom stereocenters. The molecule has 1 nitrogen and oxygen atoms in total. The molecule has 0 radical (unpaired) electrons. The number of ether oxygens (including phenoxy) is 1. The molecule has 7 heteroatoms. The highest BCUT2D eigenvalue weighted by molar-refractivity contribution is 5.83. The van der Waals surface area contributed by atoms with Gasteiger partial charge in [-0.15, -0.1) is 0 Å². The van der Waals surface area contributed by atoms with Crippen LogP contribution in [0.15, 0.2) is 84.9 Å². The summed E-state index contributed by atoms with van der Waals surface area (Å²) in [5.74, 6) is 0. The third kappa shape index (κ3) is 3.84. The van der Waals surface area contributed by atoms with Gasteiger partial charge in [0.05, 0.1) is 11.1 Å². The minimum Gasteiger partial charge on any atom is -0.353 e. The van der Waals surface area contributed by atoms with Crippen molar-refractivity contribution < 1.29 is 31.1 Å². The molecule has 34 heavy (non-hydrogen) atoms. The van der Waals surface area contributed by atoms with Crippen LogP contribution in [-0.4, -0.2) is 6.10 Å². The summed E-state index contributed by atoms with van der Waals surface area (Å²) in [4.78, 5) is 0. The Hall–Kier alpha value is -3.32. The highest BCUT2D eigenvalue weighted by Gasteiger charge is 2.44. The number of hydrogen-bond donors (Lipinski definition) is 0. The van der Waals surface area contributed by atoms with E-state index >= 15 is 0 Å². The average molecular weight is 472 g/mol. The zero-order valence-corrected chi connectivity index (χ0v) is 17.6. The van der Waals surface area contributed by atoms with Gasteiger partial charge in [-0.25, -0.2) is 0 Å². The van der Waals surface area contributed by atoms with Crippen LogP contribution in [0.2, 0.25) is 0 Å². The lowest BCUT2D eigenvalue weighted by atomic mass is 9.77. The van der Waals surface area contributed by atoms with E-state index in [1.54, 1.807) is 6.08 Å². The third-order valence-electron chi connectivity index (χ3n) is 6.28.